The number of nitrogens with zero attached hydrogens (tertiary/aromatic N) is 4. The molecule has 0 bridgehead atoms. The van der Waals surface area contributed by atoms with Crippen molar-refractivity contribution in [2.24, 2.45) is 0 Å². The van der Waals surface area contributed by atoms with Crippen LogP contribution in [0.3, 0.4) is 0 Å². The van der Waals surface area contributed by atoms with Crippen molar-refractivity contribution in [2.45, 2.75) is 32.4 Å². The summed E-state index contributed by atoms with van der Waals surface area (Å²) in [5, 5.41) is 0. The van der Waals surface area contributed by atoms with Crippen LogP contribution in [0.25, 0.3) is 11.2 Å². The van der Waals surface area contributed by atoms with Crippen molar-refractivity contribution in [3.8, 4) is 5.88 Å². The van der Waals surface area contributed by atoms with Gasteiger partial charge in [-0.2, -0.15) is 4.98 Å². The molecule has 0 aromatic carbocycles. The number of nitrogens with two attached hydrogens (primary N) is 1. The minimum Gasteiger partial charge on any atom is -0.481 e. The summed E-state index contributed by atoms with van der Waals surface area (Å²) in [5.74, 6) is 1.13. The van der Waals surface area contributed by atoms with Crippen LogP contribution in [0.2, 0.25) is 0 Å². The lowest BCUT2D eigenvalue weighted by molar-refractivity contribution is 0.246. The summed E-state index contributed by atoms with van der Waals surface area (Å²) >= 11 is 0. The SMILES string of the molecule is CCN1CCCC1Cn1c(N)nc2ccc(OC)nc21. The van der Waals surface area contributed by atoms with E-state index in [1.54, 1.807) is 7.11 Å². The number of pyridine rings is 1. The van der Waals surface area contributed by atoms with E-state index >= 15 is 0 Å². The zero-order valence-corrected chi connectivity index (χ0v) is 12.0. The zero-order chi connectivity index (χ0) is 14.1. The standard InChI is InChI=1S/C14H21N5O/c1-3-18-8-4-5-10(18)9-19-13-11(16-14(19)15)6-7-12(17-13)20-2/h6-7,10H,3-5,8-9H2,1-2H3,(H2,15,16). The Morgan fingerprint density at radius 1 is 1.40 bits per heavy atom. The number of hydrogen-bond acceptors (Lipinski definition) is 5. The molecule has 1 fully saturated rings. The van der Waals surface area contributed by atoms with E-state index in [9.17, 15) is 0 Å². The smallest absolute Gasteiger partial charge is 0.215 e. The summed E-state index contributed by atoms with van der Waals surface area (Å²) in [4.78, 5) is 11.4. The number of anilines is 1. The Bertz CT molecular complexity index is 609. The molecule has 3 rings (SSSR count). The van der Waals surface area contributed by atoms with Gasteiger partial charge in [0.15, 0.2) is 5.65 Å². The molecule has 6 nitrogen and oxygen atoms in total. The van der Waals surface area contributed by atoms with Crippen molar-refractivity contribution in [2.75, 3.05) is 25.9 Å². The maximum absolute atomic E-state index is 6.06. The maximum Gasteiger partial charge on any atom is 0.215 e. The number of hydrogen-bond donors (Lipinski definition) is 1. The monoisotopic (exact) mass is 275 g/mol. The van der Waals surface area contributed by atoms with Crippen molar-refractivity contribution in [1.29, 1.82) is 0 Å². The van der Waals surface area contributed by atoms with Crippen LogP contribution in [-0.2, 0) is 6.54 Å². The van der Waals surface area contributed by atoms with Gasteiger partial charge in [-0.15, -0.1) is 0 Å². The van der Waals surface area contributed by atoms with E-state index in [-0.39, 0.29) is 0 Å². The van der Waals surface area contributed by atoms with E-state index in [1.807, 2.05) is 16.7 Å². The van der Waals surface area contributed by atoms with Gasteiger partial charge in [-0.1, -0.05) is 6.92 Å². The van der Waals surface area contributed by atoms with E-state index < -0.39 is 0 Å². The average molecular weight is 275 g/mol. The summed E-state index contributed by atoms with van der Waals surface area (Å²) in [5.41, 5.74) is 7.70. The van der Waals surface area contributed by atoms with Crippen LogP contribution in [0.15, 0.2) is 12.1 Å². The van der Waals surface area contributed by atoms with Gasteiger partial charge in [0.1, 0.15) is 5.52 Å². The molecule has 0 radical (unpaired) electrons. The first-order valence-corrected chi connectivity index (χ1v) is 7.13. The third-order valence-corrected chi connectivity index (χ3v) is 4.10. The largest absolute Gasteiger partial charge is 0.481 e. The normalized spacial score (nSPS) is 19.8. The van der Waals surface area contributed by atoms with Gasteiger partial charge in [0, 0.05) is 18.7 Å². The molecule has 1 aliphatic rings. The highest BCUT2D eigenvalue weighted by Gasteiger charge is 2.25. The molecule has 0 saturated carbocycles. The quantitative estimate of drug-likeness (QED) is 0.916. The molecule has 108 valence electrons. The van der Waals surface area contributed by atoms with Crippen LogP contribution in [0, 0.1) is 0 Å². The Labute approximate surface area is 118 Å². The zero-order valence-electron chi connectivity index (χ0n) is 12.0. The summed E-state index contributed by atoms with van der Waals surface area (Å²) in [6, 6.07) is 4.24. The summed E-state index contributed by atoms with van der Waals surface area (Å²) in [6.45, 7) is 5.30. The van der Waals surface area contributed by atoms with Crippen molar-refractivity contribution in [1.82, 2.24) is 19.4 Å². The lowest BCUT2D eigenvalue weighted by Crippen LogP contribution is -2.33. The Morgan fingerprint density at radius 2 is 2.25 bits per heavy atom. The van der Waals surface area contributed by atoms with Gasteiger partial charge in [-0.05, 0) is 32.0 Å². The molecule has 1 saturated heterocycles. The number of likely N-dealkylation sites (N-methyl/N-ethyl adjacent to an activating group) is 1. The van der Waals surface area contributed by atoms with E-state index in [0.29, 0.717) is 17.9 Å². The van der Waals surface area contributed by atoms with Crippen molar-refractivity contribution in [3.63, 3.8) is 0 Å². The highest BCUT2D eigenvalue weighted by Crippen LogP contribution is 2.24. The second-order valence-electron chi connectivity index (χ2n) is 5.20. The van der Waals surface area contributed by atoms with Gasteiger partial charge in [0.2, 0.25) is 11.8 Å². The first-order chi connectivity index (χ1) is 9.72. The van der Waals surface area contributed by atoms with Crippen LogP contribution >= 0.6 is 0 Å². The molecule has 1 aliphatic heterocycles. The van der Waals surface area contributed by atoms with Crippen molar-refractivity contribution < 1.29 is 4.74 Å². The maximum atomic E-state index is 6.06. The summed E-state index contributed by atoms with van der Waals surface area (Å²) in [6.07, 6.45) is 2.46. The molecular formula is C14H21N5O. The van der Waals surface area contributed by atoms with Crippen LogP contribution in [0.1, 0.15) is 19.8 Å². The highest BCUT2D eigenvalue weighted by atomic mass is 16.5. The number of aromatic nitrogens is 3. The van der Waals surface area contributed by atoms with Gasteiger partial charge >= 0.3 is 0 Å². The van der Waals surface area contributed by atoms with Gasteiger partial charge in [0.05, 0.1) is 7.11 Å². The molecular weight excluding hydrogens is 254 g/mol. The molecule has 1 unspecified atom stereocenters. The molecule has 0 amide bonds. The van der Waals surface area contributed by atoms with Crippen molar-refractivity contribution in [3.05, 3.63) is 12.1 Å². The Balaban J connectivity index is 1.95. The number of likely N-dealkylation sites (tertiary alicyclic amines) is 1. The fourth-order valence-electron chi connectivity index (χ4n) is 3.02. The molecule has 2 aromatic rings. The molecule has 20 heavy (non-hydrogen) atoms. The lowest BCUT2D eigenvalue weighted by Gasteiger charge is -2.23. The average Bonchev–Trinajstić information content (AvgIpc) is 3.03. The molecule has 2 N–H and O–H groups in total. The van der Waals surface area contributed by atoms with E-state index in [1.165, 1.54) is 19.4 Å². The van der Waals surface area contributed by atoms with Gasteiger partial charge in [0.25, 0.3) is 0 Å². The topological polar surface area (TPSA) is 69.2 Å². The lowest BCUT2D eigenvalue weighted by atomic mass is 10.2. The number of imidazole rings is 1. The number of rotatable bonds is 4. The number of methoxy groups -OCH3 is 1. The van der Waals surface area contributed by atoms with E-state index in [0.717, 1.165) is 24.3 Å². The second-order valence-corrected chi connectivity index (χ2v) is 5.20. The Morgan fingerprint density at radius 3 is 3.00 bits per heavy atom. The van der Waals surface area contributed by atoms with Gasteiger partial charge < -0.3 is 10.5 Å². The van der Waals surface area contributed by atoms with Gasteiger partial charge in [-0.25, -0.2) is 4.98 Å². The number of fused-ring (bicyclic) bond motifs is 1. The minimum atomic E-state index is 0.521. The van der Waals surface area contributed by atoms with Crippen LogP contribution < -0.4 is 10.5 Å². The highest BCUT2D eigenvalue weighted by molar-refractivity contribution is 5.74. The second kappa shape index (κ2) is 5.28. The Kier molecular flexibility index (Phi) is 3.48. The predicted molar refractivity (Wildman–Crippen MR) is 78.8 cm³/mol. The molecule has 3 heterocycles. The predicted octanol–water partition coefficient (Wildman–Crippen LogP) is 1.51. The van der Waals surface area contributed by atoms with E-state index in [4.69, 9.17) is 10.5 Å². The van der Waals surface area contributed by atoms with Gasteiger partial charge in [-0.3, -0.25) is 9.47 Å². The minimum absolute atomic E-state index is 0.521. The molecule has 0 aliphatic carbocycles. The number of ether oxygens (including phenoxy) is 1. The molecule has 1 atom stereocenters. The molecule has 0 spiro atoms. The fourth-order valence-corrected chi connectivity index (χ4v) is 3.02. The third-order valence-electron chi connectivity index (χ3n) is 4.10. The number of nitrogen functional groups attached to an aromatic ring is 1. The summed E-state index contributed by atoms with van der Waals surface area (Å²) in [7, 11) is 1.62. The van der Waals surface area contributed by atoms with Crippen molar-refractivity contribution >= 4 is 17.1 Å². The molecule has 2 aromatic heterocycles. The first-order valence-electron chi connectivity index (χ1n) is 7.13. The van der Waals surface area contributed by atoms with Crippen LogP contribution in [-0.4, -0.2) is 45.7 Å². The van der Waals surface area contributed by atoms with E-state index in [2.05, 4.69) is 21.8 Å². The molecule has 6 heteroatoms. The summed E-state index contributed by atoms with van der Waals surface area (Å²) < 4.78 is 7.21. The van der Waals surface area contributed by atoms with Crippen LogP contribution in [0.5, 0.6) is 5.88 Å². The third kappa shape index (κ3) is 2.20. The Hall–Kier alpha value is -1.82. The van der Waals surface area contributed by atoms with Crippen LogP contribution in [0.4, 0.5) is 5.95 Å². The first kappa shape index (κ1) is 13.2. The fraction of sp³-hybridized carbons (Fsp3) is 0.571.